The molecule has 5 unspecified atom stereocenters. The molecular weight excluding hydrogens is 534 g/mol. The number of aliphatic hydroxyl groups excluding tert-OH is 2. The number of aliphatic hydroxyl groups is 2. The van der Waals surface area contributed by atoms with Gasteiger partial charge in [-0.3, -0.25) is 9.59 Å². The Kier molecular flexibility index (Phi) is 8.36. The predicted molar refractivity (Wildman–Crippen MR) is 159 cm³/mol. The van der Waals surface area contributed by atoms with Crippen LogP contribution in [0.25, 0.3) is 0 Å². The predicted octanol–water partition coefficient (Wildman–Crippen LogP) is 4.44. The molecule has 3 aliphatic rings. The molecule has 9 heteroatoms. The van der Waals surface area contributed by atoms with Crippen molar-refractivity contribution in [2.24, 2.45) is 17.3 Å². The fourth-order valence-corrected chi connectivity index (χ4v) is 7.08. The lowest BCUT2D eigenvalue weighted by atomic mass is 9.39. The summed E-state index contributed by atoms with van der Waals surface area (Å²) in [6.45, 7) is 9.12. The van der Waals surface area contributed by atoms with Crippen LogP contribution in [0.15, 0.2) is 48.5 Å². The van der Waals surface area contributed by atoms with Gasteiger partial charge in [-0.25, -0.2) is 4.79 Å². The molecular formula is C33H43N3O6. The van der Waals surface area contributed by atoms with Crippen LogP contribution in [0.4, 0.5) is 10.5 Å². The highest BCUT2D eigenvalue weighted by Gasteiger charge is 2.71. The summed E-state index contributed by atoms with van der Waals surface area (Å²) >= 11 is 0. The second-order valence-corrected chi connectivity index (χ2v) is 13.1. The molecule has 5 rings (SSSR count). The van der Waals surface area contributed by atoms with E-state index in [4.69, 9.17) is 4.74 Å². The van der Waals surface area contributed by atoms with Crippen molar-refractivity contribution >= 4 is 23.6 Å². The van der Waals surface area contributed by atoms with Crippen molar-refractivity contribution in [2.75, 3.05) is 18.4 Å². The topological polar surface area (TPSA) is 128 Å². The summed E-state index contributed by atoms with van der Waals surface area (Å²) in [7, 11) is 0. The van der Waals surface area contributed by atoms with Gasteiger partial charge in [0.15, 0.2) is 0 Å². The van der Waals surface area contributed by atoms with Crippen molar-refractivity contribution in [3.05, 3.63) is 65.2 Å². The number of fused-ring (bicyclic) bond motifs is 1. The lowest BCUT2D eigenvalue weighted by Crippen LogP contribution is -2.75. The van der Waals surface area contributed by atoms with E-state index in [-0.39, 0.29) is 29.1 Å². The average Bonchev–Trinajstić information content (AvgIpc) is 2.95. The normalized spacial score (nSPS) is 27.2. The molecule has 5 atom stereocenters. The van der Waals surface area contributed by atoms with E-state index in [0.717, 1.165) is 24.8 Å². The van der Waals surface area contributed by atoms with Gasteiger partial charge >= 0.3 is 6.09 Å². The molecule has 1 heterocycles. The highest BCUT2D eigenvalue weighted by Crippen LogP contribution is 2.66. The van der Waals surface area contributed by atoms with Gasteiger partial charge in [0.1, 0.15) is 5.60 Å². The Hall–Kier alpha value is -3.43. The Labute approximate surface area is 247 Å². The van der Waals surface area contributed by atoms with Crippen molar-refractivity contribution in [1.82, 2.24) is 10.2 Å². The van der Waals surface area contributed by atoms with Gasteiger partial charge in [0, 0.05) is 48.1 Å². The number of benzene rings is 2. The van der Waals surface area contributed by atoms with Crippen LogP contribution in [0.1, 0.15) is 80.8 Å². The molecule has 42 heavy (non-hydrogen) atoms. The molecule has 2 aromatic carbocycles. The third-order valence-corrected chi connectivity index (χ3v) is 9.39. The summed E-state index contributed by atoms with van der Waals surface area (Å²) in [5, 5.41) is 26.2. The van der Waals surface area contributed by atoms with Crippen LogP contribution in [0.2, 0.25) is 0 Å². The molecule has 0 bridgehead atoms. The molecule has 2 aliphatic carbocycles. The third kappa shape index (κ3) is 5.90. The number of rotatable bonds is 7. The quantitative estimate of drug-likeness (QED) is 0.385. The molecule has 2 aromatic rings. The van der Waals surface area contributed by atoms with Crippen LogP contribution < -0.4 is 10.6 Å². The second kappa shape index (κ2) is 11.7. The van der Waals surface area contributed by atoms with Crippen LogP contribution in [-0.2, 0) is 16.1 Å². The summed E-state index contributed by atoms with van der Waals surface area (Å²) in [4.78, 5) is 40.2. The molecule has 0 radical (unpaired) electrons. The molecule has 3 fully saturated rings. The third-order valence-electron chi connectivity index (χ3n) is 9.39. The minimum absolute atomic E-state index is 0.0639. The maximum Gasteiger partial charge on any atom is 0.407 e. The zero-order chi connectivity index (χ0) is 30.2. The molecule has 9 nitrogen and oxygen atoms in total. The van der Waals surface area contributed by atoms with Crippen LogP contribution in [-0.4, -0.2) is 63.9 Å². The number of likely N-dealkylation sites (tertiary alicyclic amines) is 1. The number of piperidine rings is 1. The zero-order valence-electron chi connectivity index (χ0n) is 24.9. The molecule has 226 valence electrons. The van der Waals surface area contributed by atoms with Gasteiger partial charge in [0.05, 0.1) is 12.2 Å². The van der Waals surface area contributed by atoms with E-state index in [0.29, 0.717) is 43.2 Å². The maximum atomic E-state index is 13.3. The second-order valence-electron chi connectivity index (χ2n) is 13.1. The van der Waals surface area contributed by atoms with E-state index in [9.17, 15) is 24.6 Å². The number of carbonyl (C=O) groups is 3. The van der Waals surface area contributed by atoms with Gasteiger partial charge in [-0.2, -0.15) is 0 Å². The maximum absolute atomic E-state index is 13.3. The summed E-state index contributed by atoms with van der Waals surface area (Å²) in [6, 6.07) is 15.2. The Balaban J connectivity index is 1.13. The lowest BCUT2D eigenvalue weighted by Gasteiger charge is -2.68. The van der Waals surface area contributed by atoms with E-state index in [2.05, 4.69) is 22.8 Å². The minimum atomic E-state index is -0.860. The smallest absolute Gasteiger partial charge is 0.407 e. The first-order valence-electron chi connectivity index (χ1n) is 15.0. The number of nitrogens with zero attached hydrogens (tertiary/aromatic N) is 1. The van der Waals surface area contributed by atoms with E-state index in [1.807, 2.05) is 44.7 Å². The van der Waals surface area contributed by atoms with E-state index in [1.54, 1.807) is 24.3 Å². The lowest BCUT2D eigenvalue weighted by molar-refractivity contribution is -0.292. The highest BCUT2D eigenvalue weighted by molar-refractivity contribution is 5.98. The summed E-state index contributed by atoms with van der Waals surface area (Å²) < 4.78 is 5.32. The number of carbonyl (C=O) groups excluding carboxylic acids is 3. The van der Waals surface area contributed by atoms with Crippen molar-refractivity contribution in [3.63, 3.8) is 0 Å². The zero-order valence-corrected chi connectivity index (χ0v) is 24.9. The molecule has 4 N–H and O–H groups in total. The number of nitrogens with one attached hydrogen (secondary N) is 2. The van der Waals surface area contributed by atoms with Crippen LogP contribution in [0.5, 0.6) is 0 Å². The molecule has 1 aliphatic heterocycles. The van der Waals surface area contributed by atoms with Crippen LogP contribution in [0, 0.1) is 17.3 Å². The Morgan fingerprint density at radius 1 is 1.05 bits per heavy atom. The average molecular weight is 578 g/mol. The molecule has 0 aromatic heterocycles. The van der Waals surface area contributed by atoms with Crippen molar-refractivity contribution in [2.45, 2.75) is 83.6 Å². The first-order valence-corrected chi connectivity index (χ1v) is 15.0. The van der Waals surface area contributed by atoms with Crippen molar-refractivity contribution < 1.29 is 29.3 Å². The fraction of sp³-hybridized carbons (Fsp3) is 0.545. The number of hydrogen-bond donors (Lipinski definition) is 4. The van der Waals surface area contributed by atoms with Crippen molar-refractivity contribution in [3.8, 4) is 0 Å². The van der Waals surface area contributed by atoms with Crippen LogP contribution >= 0.6 is 0 Å². The van der Waals surface area contributed by atoms with Gasteiger partial charge in [-0.05, 0) is 81.7 Å². The number of ether oxygens (including phenoxy) is 1. The van der Waals surface area contributed by atoms with E-state index >= 15 is 0 Å². The number of alkyl carbamates (subject to hydrolysis) is 1. The fourth-order valence-electron chi connectivity index (χ4n) is 7.08. The molecule has 0 spiro atoms. The van der Waals surface area contributed by atoms with Gasteiger partial charge in [-0.15, -0.1) is 0 Å². The molecule has 1 saturated heterocycles. The van der Waals surface area contributed by atoms with E-state index < -0.39 is 23.9 Å². The number of anilines is 1. The minimum Gasteiger partial charge on any atom is -0.444 e. The number of hydrogen-bond acceptors (Lipinski definition) is 6. The van der Waals surface area contributed by atoms with E-state index in [1.165, 1.54) is 5.56 Å². The first-order chi connectivity index (χ1) is 19.9. The van der Waals surface area contributed by atoms with Gasteiger partial charge < -0.3 is 30.5 Å². The highest BCUT2D eigenvalue weighted by atomic mass is 16.6. The van der Waals surface area contributed by atoms with Gasteiger partial charge in [0.25, 0.3) is 5.91 Å². The molecule has 3 amide bonds. The van der Waals surface area contributed by atoms with Gasteiger partial charge in [0.2, 0.25) is 5.91 Å². The standard InChI is InChI=1S/C33H43N3O6/c1-5-33-18-25(26(33)27(37)28(33)38)29(39)35-24-11-7-10-23(17-24)30(40)36-14-12-21(13-15-36)22-9-6-8-20(16-22)19-34-31(41)42-32(2,3)4/h6-11,16-17,21,25-28,37-38H,5,12-15,18-19H2,1-4H3,(H,34,41)(H,35,39). The first kappa shape index (κ1) is 30.0. The SMILES string of the molecule is CCC12CC(C(=O)Nc3cccc(C(=O)N4CCC(c5cccc(CNC(=O)OC(C)(C)C)c5)CC4)c3)C1C(O)C2O. The molecule has 2 saturated carbocycles. The Morgan fingerprint density at radius 2 is 1.76 bits per heavy atom. The number of amides is 3. The monoisotopic (exact) mass is 577 g/mol. The largest absolute Gasteiger partial charge is 0.444 e. The summed E-state index contributed by atoms with van der Waals surface area (Å²) in [6.07, 6.45) is 0.908. The Bertz CT molecular complexity index is 1330. The summed E-state index contributed by atoms with van der Waals surface area (Å²) in [5.74, 6) is -0.479. The van der Waals surface area contributed by atoms with Gasteiger partial charge in [-0.1, -0.05) is 37.3 Å². The van der Waals surface area contributed by atoms with Crippen LogP contribution in [0.3, 0.4) is 0 Å². The summed E-state index contributed by atoms with van der Waals surface area (Å²) in [5.41, 5.74) is 2.39. The Morgan fingerprint density at radius 3 is 2.45 bits per heavy atom. The van der Waals surface area contributed by atoms with Crippen molar-refractivity contribution in [1.29, 1.82) is 0 Å².